The van der Waals surface area contributed by atoms with Crippen LogP contribution in [-0.2, 0) is 9.68 Å². The van der Waals surface area contributed by atoms with E-state index in [1.807, 2.05) is 0 Å². The number of hydrogen-bond acceptors (Lipinski definition) is 2. The fraction of sp³-hybridized carbons (Fsp3) is 1.00. The Kier molecular flexibility index (Phi) is 7.84. The van der Waals surface area contributed by atoms with Crippen molar-refractivity contribution in [2.45, 2.75) is 38.7 Å². The SMILES string of the molecule is COCCCCCC(C)OF. The number of unbranched alkanes of at least 4 members (excludes halogenated alkanes) is 2. The lowest BCUT2D eigenvalue weighted by atomic mass is 10.1. The average Bonchev–Trinajstić information content (AvgIpc) is 2.04. The van der Waals surface area contributed by atoms with E-state index < -0.39 is 0 Å². The molecular weight excluding hydrogens is 147 g/mol. The zero-order valence-electron chi connectivity index (χ0n) is 7.31. The van der Waals surface area contributed by atoms with Gasteiger partial charge in [-0.3, -0.25) is 0 Å². The maximum atomic E-state index is 11.4. The van der Waals surface area contributed by atoms with Gasteiger partial charge in [-0.05, 0) is 24.3 Å². The highest BCUT2D eigenvalue weighted by Crippen LogP contribution is 2.06. The molecule has 2 nitrogen and oxygen atoms in total. The van der Waals surface area contributed by atoms with Gasteiger partial charge in [0.1, 0.15) is 0 Å². The van der Waals surface area contributed by atoms with Crippen LogP contribution < -0.4 is 0 Å². The van der Waals surface area contributed by atoms with Gasteiger partial charge in [0.05, 0.1) is 6.10 Å². The van der Waals surface area contributed by atoms with Crippen molar-refractivity contribution < 1.29 is 14.2 Å². The monoisotopic (exact) mass is 164 g/mol. The molecule has 0 saturated heterocycles. The van der Waals surface area contributed by atoms with E-state index in [-0.39, 0.29) is 6.10 Å². The summed E-state index contributed by atoms with van der Waals surface area (Å²) in [4.78, 5) is 3.63. The summed E-state index contributed by atoms with van der Waals surface area (Å²) in [5.74, 6) is 0. The molecule has 3 heteroatoms. The summed E-state index contributed by atoms with van der Waals surface area (Å²) in [6.07, 6.45) is 3.68. The third-order valence-electron chi connectivity index (χ3n) is 1.61. The van der Waals surface area contributed by atoms with Gasteiger partial charge in [-0.2, -0.15) is 4.94 Å². The number of hydrogen-bond donors (Lipinski definition) is 0. The molecule has 0 heterocycles. The van der Waals surface area contributed by atoms with Crippen LogP contribution in [0.15, 0.2) is 0 Å². The second-order valence-corrected chi connectivity index (χ2v) is 2.74. The van der Waals surface area contributed by atoms with Crippen LogP contribution in [0.4, 0.5) is 4.53 Å². The van der Waals surface area contributed by atoms with Gasteiger partial charge >= 0.3 is 0 Å². The summed E-state index contributed by atoms with van der Waals surface area (Å²) in [5, 5.41) is 0. The summed E-state index contributed by atoms with van der Waals surface area (Å²) < 4.78 is 16.3. The lowest BCUT2D eigenvalue weighted by Gasteiger charge is -2.04. The first-order chi connectivity index (χ1) is 5.31. The lowest BCUT2D eigenvalue weighted by molar-refractivity contribution is -0.174. The van der Waals surface area contributed by atoms with E-state index >= 15 is 0 Å². The number of ether oxygens (including phenoxy) is 1. The maximum absolute atomic E-state index is 11.4. The van der Waals surface area contributed by atoms with E-state index in [4.69, 9.17) is 4.74 Å². The van der Waals surface area contributed by atoms with Crippen molar-refractivity contribution in [1.29, 1.82) is 0 Å². The topological polar surface area (TPSA) is 18.5 Å². The fourth-order valence-corrected chi connectivity index (χ4v) is 0.900. The fourth-order valence-electron chi connectivity index (χ4n) is 0.900. The smallest absolute Gasteiger partial charge is 0.0955 e. The molecule has 68 valence electrons. The first-order valence-corrected chi connectivity index (χ1v) is 4.07. The Balaban J connectivity index is 2.89. The van der Waals surface area contributed by atoms with Crippen LogP contribution in [0.1, 0.15) is 32.6 Å². The summed E-state index contributed by atoms with van der Waals surface area (Å²) >= 11 is 0. The van der Waals surface area contributed by atoms with Crippen molar-refractivity contribution in [2.75, 3.05) is 13.7 Å². The molecule has 0 aliphatic carbocycles. The van der Waals surface area contributed by atoms with Crippen LogP contribution >= 0.6 is 0 Å². The van der Waals surface area contributed by atoms with Crippen LogP contribution in [0.25, 0.3) is 0 Å². The second-order valence-electron chi connectivity index (χ2n) is 2.74. The van der Waals surface area contributed by atoms with Gasteiger partial charge < -0.3 is 4.74 Å². The predicted octanol–water partition coefficient (Wildman–Crippen LogP) is 2.48. The zero-order chi connectivity index (χ0) is 8.53. The normalized spacial score (nSPS) is 13.4. The van der Waals surface area contributed by atoms with Crippen molar-refractivity contribution in [3.05, 3.63) is 0 Å². The molecule has 0 saturated carbocycles. The number of rotatable bonds is 7. The first kappa shape index (κ1) is 10.8. The van der Waals surface area contributed by atoms with Crippen molar-refractivity contribution in [3.8, 4) is 0 Å². The molecule has 0 N–H and O–H groups in total. The molecule has 0 aromatic carbocycles. The number of methoxy groups -OCH3 is 1. The first-order valence-electron chi connectivity index (χ1n) is 4.07. The van der Waals surface area contributed by atoms with Gasteiger partial charge in [0, 0.05) is 13.7 Å². The molecule has 0 rings (SSSR count). The van der Waals surface area contributed by atoms with Gasteiger partial charge in [0.2, 0.25) is 0 Å². The summed E-state index contributed by atoms with van der Waals surface area (Å²) in [5.41, 5.74) is 0. The highest BCUT2D eigenvalue weighted by atomic mass is 19.3. The van der Waals surface area contributed by atoms with E-state index in [1.165, 1.54) is 0 Å². The Labute approximate surface area is 67.6 Å². The molecule has 0 aromatic rings. The molecule has 0 spiro atoms. The Bertz CT molecular complexity index is 78.5. The van der Waals surface area contributed by atoms with Gasteiger partial charge in [-0.15, -0.1) is 0 Å². The Morgan fingerprint density at radius 1 is 1.27 bits per heavy atom. The quantitative estimate of drug-likeness (QED) is 0.538. The Morgan fingerprint density at radius 3 is 2.55 bits per heavy atom. The van der Waals surface area contributed by atoms with Crippen LogP contribution in [0.3, 0.4) is 0 Å². The summed E-state index contributed by atoms with van der Waals surface area (Å²) in [6.45, 7) is 2.53. The van der Waals surface area contributed by atoms with E-state index in [0.29, 0.717) is 0 Å². The molecule has 0 fully saturated rings. The maximum Gasteiger partial charge on any atom is 0.0955 e. The third kappa shape index (κ3) is 7.75. The largest absolute Gasteiger partial charge is 0.385 e. The minimum atomic E-state index is -0.252. The minimum Gasteiger partial charge on any atom is -0.385 e. The molecule has 0 aliphatic rings. The standard InChI is InChI=1S/C8H17FO2/c1-8(11-9)6-4-3-5-7-10-2/h8H,3-7H2,1-2H3. The Morgan fingerprint density at radius 2 is 2.00 bits per heavy atom. The molecular formula is C8H17FO2. The van der Waals surface area contributed by atoms with Crippen LogP contribution in [0, 0.1) is 0 Å². The molecule has 0 aliphatic heterocycles. The molecule has 0 radical (unpaired) electrons. The highest BCUT2D eigenvalue weighted by molar-refractivity contribution is 4.48. The van der Waals surface area contributed by atoms with E-state index in [0.717, 1.165) is 32.3 Å². The van der Waals surface area contributed by atoms with Crippen LogP contribution in [-0.4, -0.2) is 19.8 Å². The zero-order valence-corrected chi connectivity index (χ0v) is 7.31. The van der Waals surface area contributed by atoms with Crippen molar-refractivity contribution in [2.24, 2.45) is 0 Å². The molecule has 11 heavy (non-hydrogen) atoms. The van der Waals surface area contributed by atoms with Gasteiger partial charge in [0.15, 0.2) is 0 Å². The summed E-state index contributed by atoms with van der Waals surface area (Å²) in [6, 6.07) is 0. The van der Waals surface area contributed by atoms with Gasteiger partial charge in [-0.25, -0.2) is 0 Å². The van der Waals surface area contributed by atoms with Gasteiger partial charge in [0.25, 0.3) is 0 Å². The summed E-state index contributed by atoms with van der Waals surface area (Å²) in [7, 11) is 1.69. The molecule has 1 unspecified atom stereocenters. The highest BCUT2D eigenvalue weighted by Gasteiger charge is 2.00. The second kappa shape index (κ2) is 7.95. The predicted molar refractivity (Wildman–Crippen MR) is 42.0 cm³/mol. The molecule has 0 bridgehead atoms. The van der Waals surface area contributed by atoms with Crippen LogP contribution in [0.5, 0.6) is 0 Å². The number of halogens is 1. The van der Waals surface area contributed by atoms with Crippen molar-refractivity contribution in [1.82, 2.24) is 0 Å². The van der Waals surface area contributed by atoms with Crippen molar-refractivity contribution >= 4 is 0 Å². The Hall–Kier alpha value is -0.150. The third-order valence-corrected chi connectivity index (χ3v) is 1.61. The van der Waals surface area contributed by atoms with E-state index in [9.17, 15) is 4.53 Å². The van der Waals surface area contributed by atoms with E-state index in [2.05, 4.69) is 4.94 Å². The molecule has 0 amide bonds. The van der Waals surface area contributed by atoms with Gasteiger partial charge in [-0.1, -0.05) is 12.8 Å². The van der Waals surface area contributed by atoms with E-state index in [1.54, 1.807) is 14.0 Å². The molecule has 0 aromatic heterocycles. The lowest BCUT2D eigenvalue weighted by Crippen LogP contribution is -2.01. The minimum absolute atomic E-state index is 0.252. The van der Waals surface area contributed by atoms with Crippen LogP contribution in [0.2, 0.25) is 0 Å². The van der Waals surface area contributed by atoms with Crippen molar-refractivity contribution in [3.63, 3.8) is 0 Å². The average molecular weight is 164 g/mol. The molecule has 1 atom stereocenters.